The molecule has 1 saturated carbocycles. The minimum absolute atomic E-state index is 0.0939. The van der Waals surface area contributed by atoms with E-state index in [0.29, 0.717) is 24.3 Å². The molecule has 2 heterocycles. The number of nitro benzene ring substituents is 1. The quantitative estimate of drug-likeness (QED) is 0.595. The summed E-state index contributed by atoms with van der Waals surface area (Å²) in [7, 11) is 0. The van der Waals surface area contributed by atoms with Gasteiger partial charge < -0.3 is 16.2 Å². The summed E-state index contributed by atoms with van der Waals surface area (Å²) >= 11 is 0. The zero-order valence-electron chi connectivity index (χ0n) is 16.0. The van der Waals surface area contributed by atoms with Crippen LogP contribution in [0.5, 0.6) is 5.75 Å². The van der Waals surface area contributed by atoms with Crippen LogP contribution in [0.25, 0.3) is 6.08 Å². The molecule has 4 N–H and O–H groups in total. The Morgan fingerprint density at radius 3 is 2.61 bits per heavy atom. The molecule has 1 aromatic carbocycles. The zero-order chi connectivity index (χ0) is 20.1. The van der Waals surface area contributed by atoms with E-state index in [2.05, 4.69) is 9.98 Å². The third kappa shape index (κ3) is 2.96. The normalized spacial score (nSPS) is 22.1. The highest BCUT2D eigenvalue weighted by Gasteiger charge is 2.45. The molecule has 3 aliphatic rings. The molecular formula is C19H24N6O3. The molecule has 1 fully saturated rings. The maximum Gasteiger partial charge on any atom is 0.296 e. The molecule has 0 amide bonds. The fourth-order valence-electron chi connectivity index (χ4n) is 4.20. The molecule has 0 bridgehead atoms. The van der Waals surface area contributed by atoms with Crippen molar-refractivity contribution in [2.45, 2.75) is 57.2 Å². The van der Waals surface area contributed by atoms with Crippen molar-refractivity contribution in [1.82, 2.24) is 0 Å². The second-order valence-corrected chi connectivity index (χ2v) is 7.99. The number of ether oxygens (including phenoxy) is 1. The summed E-state index contributed by atoms with van der Waals surface area (Å²) in [5.74, 6) is 0.705. The van der Waals surface area contributed by atoms with Gasteiger partial charge in [0.05, 0.1) is 11.0 Å². The highest BCUT2D eigenvalue weighted by molar-refractivity contribution is 6.07. The molecule has 9 nitrogen and oxygen atoms in total. The van der Waals surface area contributed by atoms with Gasteiger partial charge >= 0.3 is 0 Å². The lowest BCUT2D eigenvalue weighted by Crippen LogP contribution is -2.58. The number of nitro groups is 1. The Morgan fingerprint density at radius 2 is 1.93 bits per heavy atom. The third-order valence-electron chi connectivity index (χ3n) is 5.43. The predicted molar refractivity (Wildman–Crippen MR) is 108 cm³/mol. The number of aliphatic imine (C=N–C) groups is 2. The number of anilines is 1. The van der Waals surface area contributed by atoms with Gasteiger partial charge in [0.25, 0.3) is 5.69 Å². The second-order valence-electron chi connectivity index (χ2n) is 7.99. The highest BCUT2D eigenvalue weighted by Crippen LogP contribution is 2.45. The number of fused-ring (bicyclic) bond motifs is 1. The van der Waals surface area contributed by atoms with Crippen LogP contribution in [-0.2, 0) is 0 Å². The standard InChI is InChI=1S/C19H24N6O3/c1-18(2)9-6-12-10-13(14(25(26)27)11-15(12)28-18)24-17(21)22-16(20)23-19(24)7-4-3-5-8-19/h6,9-11H,3-5,7-8H2,1-2H3,(H4,20,21,22,23). The minimum Gasteiger partial charge on any atom is -0.483 e. The summed E-state index contributed by atoms with van der Waals surface area (Å²) in [6, 6.07) is 3.19. The molecule has 2 aliphatic heterocycles. The number of rotatable bonds is 2. The van der Waals surface area contributed by atoms with Gasteiger partial charge in [0.15, 0.2) is 0 Å². The van der Waals surface area contributed by atoms with Crippen molar-refractivity contribution in [2.24, 2.45) is 21.5 Å². The maximum absolute atomic E-state index is 11.9. The van der Waals surface area contributed by atoms with Crippen LogP contribution < -0.4 is 21.1 Å². The highest BCUT2D eigenvalue weighted by atomic mass is 16.6. The second kappa shape index (κ2) is 6.22. The SMILES string of the molecule is CC1(C)C=Cc2cc(N3C(N)=NC(N)=NC34CCCCC4)c([N+](=O)[O-])cc2O1. The number of hydrogen-bond acceptors (Lipinski definition) is 8. The lowest BCUT2D eigenvalue weighted by atomic mass is 9.87. The average Bonchev–Trinajstić information content (AvgIpc) is 2.60. The third-order valence-corrected chi connectivity index (χ3v) is 5.43. The van der Waals surface area contributed by atoms with Crippen LogP contribution in [0.1, 0.15) is 51.5 Å². The lowest BCUT2D eigenvalue weighted by Gasteiger charge is -2.45. The van der Waals surface area contributed by atoms with Crippen LogP contribution >= 0.6 is 0 Å². The van der Waals surface area contributed by atoms with Gasteiger partial charge in [-0.05, 0) is 51.7 Å². The van der Waals surface area contributed by atoms with Crippen molar-refractivity contribution in [3.8, 4) is 5.75 Å². The Morgan fingerprint density at radius 1 is 1.21 bits per heavy atom. The number of benzene rings is 1. The van der Waals surface area contributed by atoms with Gasteiger partial charge in [-0.15, -0.1) is 0 Å². The molecule has 0 unspecified atom stereocenters. The van der Waals surface area contributed by atoms with E-state index < -0.39 is 16.2 Å². The van der Waals surface area contributed by atoms with Gasteiger partial charge in [-0.1, -0.05) is 12.5 Å². The molecule has 0 atom stereocenters. The number of nitrogens with two attached hydrogens (primary N) is 2. The smallest absolute Gasteiger partial charge is 0.296 e. The molecule has 4 rings (SSSR count). The zero-order valence-corrected chi connectivity index (χ0v) is 16.0. The van der Waals surface area contributed by atoms with E-state index in [0.717, 1.165) is 24.8 Å². The number of nitrogens with zero attached hydrogens (tertiary/aromatic N) is 4. The van der Waals surface area contributed by atoms with Crippen LogP contribution in [0.4, 0.5) is 11.4 Å². The van der Waals surface area contributed by atoms with Gasteiger partial charge in [0.1, 0.15) is 22.7 Å². The van der Waals surface area contributed by atoms with E-state index in [4.69, 9.17) is 16.2 Å². The van der Waals surface area contributed by atoms with Crippen LogP contribution in [0.2, 0.25) is 0 Å². The van der Waals surface area contributed by atoms with Crippen molar-refractivity contribution in [2.75, 3.05) is 4.90 Å². The van der Waals surface area contributed by atoms with Crippen LogP contribution in [0, 0.1) is 10.1 Å². The predicted octanol–water partition coefficient (Wildman–Crippen LogP) is 2.89. The van der Waals surface area contributed by atoms with Crippen LogP contribution in [0.3, 0.4) is 0 Å². The van der Waals surface area contributed by atoms with Gasteiger partial charge in [0.2, 0.25) is 11.9 Å². The van der Waals surface area contributed by atoms with E-state index in [-0.39, 0.29) is 17.6 Å². The van der Waals surface area contributed by atoms with E-state index in [9.17, 15) is 10.1 Å². The van der Waals surface area contributed by atoms with Crippen molar-refractivity contribution in [3.63, 3.8) is 0 Å². The van der Waals surface area contributed by atoms with Crippen molar-refractivity contribution >= 4 is 29.4 Å². The first-order valence-corrected chi connectivity index (χ1v) is 9.41. The Bertz CT molecular complexity index is 928. The minimum atomic E-state index is -0.744. The van der Waals surface area contributed by atoms with E-state index in [1.165, 1.54) is 6.07 Å². The van der Waals surface area contributed by atoms with Crippen molar-refractivity contribution < 1.29 is 9.66 Å². The molecule has 1 aromatic rings. The first-order valence-electron chi connectivity index (χ1n) is 9.41. The molecule has 148 valence electrons. The van der Waals surface area contributed by atoms with Gasteiger partial charge in [-0.25, -0.2) is 4.99 Å². The maximum atomic E-state index is 11.9. The fraction of sp³-hybridized carbons (Fsp3) is 0.474. The van der Waals surface area contributed by atoms with E-state index in [1.54, 1.807) is 11.0 Å². The monoisotopic (exact) mass is 384 g/mol. The fourth-order valence-corrected chi connectivity index (χ4v) is 4.20. The Balaban J connectivity index is 1.90. The van der Waals surface area contributed by atoms with E-state index >= 15 is 0 Å². The first-order chi connectivity index (χ1) is 13.2. The van der Waals surface area contributed by atoms with Crippen LogP contribution in [-0.4, -0.2) is 28.1 Å². The summed E-state index contributed by atoms with van der Waals surface area (Å²) in [5.41, 5.74) is 11.9. The Kier molecular flexibility index (Phi) is 4.06. The molecule has 0 saturated heterocycles. The van der Waals surface area contributed by atoms with Gasteiger partial charge in [-0.2, -0.15) is 4.99 Å². The Hall–Kier alpha value is -3.10. The van der Waals surface area contributed by atoms with Gasteiger partial charge in [0, 0.05) is 5.56 Å². The average molecular weight is 384 g/mol. The topological polar surface area (TPSA) is 132 Å². The molecular weight excluding hydrogens is 360 g/mol. The lowest BCUT2D eigenvalue weighted by molar-refractivity contribution is -0.384. The van der Waals surface area contributed by atoms with Gasteiger partial charge in [-0.3, -0.25) is 15.0 Å². The Labute approximate surface area is 162 Å². The largest absolute Gasteiger partial charge is 0.483 e. The van der Waals surface area contributed by atoms with Crippen molar-refractivity contribution in [3.05, 3.63) is 33.9 Å². The molecule has 0 radical (unpaired) electrons. The summed E-state index contributed by atoms with van der Waals surface area (Å²) in [4.78, 5) is 21.9. The summed E-state index contributed by atoms with van der Waals surface area (Å²) < 4.78 is 5.91. The first kappa shape index (κ1) is 18.3. The summed E-state index contributed by atoms with van der Waals surface area (Å²) in [5, 5.41) is 11.9. The summed E-state index contributed by atoms with van der Waals surface area (Å²) in [6.07, 6.45) is 8.21. The van der Waals surface area contributed by atoms with E-state index in [1.807, 2.05) is 26.0 Å². The van der Waals surface area contributed by atoms with Crippen molar-refractivity contribution in [1.29, 1.82) is 0 Å². The molecule has 0 aromatic heterocycles. The molecule has 1 aliphatic carbocycles. The van der Waals surface area contributed by atoms with Crippen LogP contribution in [0.15, 0.2) is 28.2 Å². The number of guanidine groups is 2. The summed E-state index contributed by atoms with van der Waals surface area (Å²) in [6.45, 7) is 3.80. The molecule has 9 heteroatoms. The number of hydrogen-bond donors (Lipinski definition) is 2. The molecule has 28 heavy (non-hydrogen) atoms. The molecule has 1 spiro atoms.